The number of amides is 2. The number of fused-ring (bicyclic) bond motifs is 2. The predicted molar refractivity (Wildman–Crippen MR) is 311 cm³/mol. The van der Waals surface area contributed by atoms with Gasteiger partial charge in [0, 0.05) is 106 Å². The second kappa shape index (κ2) is 24.8. The molecule has 18 nitrogen and oxygen atoms in total. The first kappa shape index (κ1) is 56.9. The Morgan fingerprint density at radius 2 is 1.36 bits per heavy atom. The van der Waals surface area contributed by atoms with Crippen LogP contribution in [0, 0.1) is 35.4 Å². The number of ether oxygens (including phenoxy) is 2. The van der Waals surface area contributed by atoms with Crippen LogP contribution in [0.4, 0.5) is 27.4 Å². The van der Waals surface area contributed by atoms with Gasteiger partial charge in [0.1, 0.15) is 30.2 Å². The minimum atomic E-state index is -0.331. The van der Waals surface area contributed by atoms with E-state index in [4.69, 9.17) is 29.4 Å². The van der Waals surface area contributed by atoms with Crippen LogP contribution in [0.15, 0.2) is 61.7 Å². The van der Waals surface area contributed by atoms with E-state index in [1.54, 1.807) is 15.9 Å². The maximum absolute atomic E-state index is 16.5. The normalized spacial score (nSPS) is 23.5. The molecule has 8 heterocycles. The molecule has 0 spiro atoms. The van der Waals surface area contributed by atoms with E-state index in [-0.39, 0.29) is 66.7 Å². The van der Waals surface area contributed by atoms with Crippen LogP contribution in [0.3, 0.4) is 0 Å². The van der Waals surface area contributed by atoms with Gasteiger partial charge >= 0.3 is 12.0 Å². The van der Waals surface area contributed by atoms with Crippen LogP contribution in [-0.4, -0.2) is 168 Å². The molecule has 6 atom stereocenters. The SMILES string of the molecule is C=CC(=O)N1CCN(c2nc(OC[C@@H]3CC(c4cc(F)c(C)c(N5CCCc6c(nc(O[C@@H]7CCN(C)[C@@H]7C)nc6N6CCN(C(=O)C=C)[C@@H](CC#N)C6)C5)c4)CN3C)nc3c2CCCN(c2cccc(C(C)C)c2)C3)C[C@@H]1CC#N. The Morgan fingerprint density at radius 1 is 0.753 bits per heavy atom. The number of piperazine rings is 2. The Morgan fingerprint density at radius 3 is 1.95 bits per heavy atom. The Balaban J connectivity index is 0.901. The van der Waals surface area contributed by atoms with Crippen LogP contribution in [0.25, 0.3) is 0 Å². The first-order valence-corrected chi connectivity index (χ1v) is 29.1. The summed E-state index contributed by atoms with van der Waals surface area (Å²) >= 11 is 0. The van der Waals surface area contributed by atoms with Gasteiger partial charge in [0.25, 0.3) is 0 Å². The van der Waals surface area contributed by atoms with E-state index in [0.717, 1.165) is 96.3 Å². The number of hydrogen-bond acceptors (Lipinski definition) is 16. The summed E-state index contributed by atoms with van der Waals surface area (Å²) in [5.74, 6) is 1.36. The van der Waals surface area contributed by atoms with Crippen molar-refractivity contribution in [1.29, 1.82) is 10.5 Å². The van der Waals surface area contributed by atoms with Crippen molar-refractivity contribution in [3.63, 3.8) is 0 Å². The van der Waals surface area contributed by atoms with E-state index in [2.05, 4.69) is 120 Å². The maximum atomic E-state index is 16.5. The van der Waals surface area contributed by atoms with Crippen LogP contribution < -0.4 is 29.1 Å². The number of carbonyl (C=O) groups excluding carboxylic acids is 2. The molecular formula is C62H79FN14O4. The average Bonchev–Trinajstić information content (AvgIpc) is 3.85. The number of likely N-dealkylation sites (N-methyl/N-ethyl adjacent to an activating group) is 2. The molecule has 10 rings (SSSR count). The molecule has 0 bridgehead atoms. The molecule has 0 radical (unpaired) electrons. The number of rotatable bonds is 15. The number of nitriles is 2. The van der Waals surface area contributed by atoms with Gasteiger partial charge in [0.05, 0.1) is 61.5 Å². The highest BCUT2D eigenvalue weighted by Crippen LogP contribution is 2.39. The zero-order chi connectivity index (χ0) is 57.1. The van der Waals surface area contributed by atoms with Crippen LogP contribution in [0.5, 0.6) is 12.0 Å². The zero-order valence-electron chi connectivity index (χ0n) is 48.2. The fourth-order valence-electron chi connectivity index (χ4n) is 13.1. The fraction of sp³-hybridized carbons (Fsp3) is 0.548. The summed E-state index contributed by atoms with van der Waals surface area (Å²) in [7, 11) is 4.19. The van der Waals surface area contributed by atoms with Crippen molar-refractivity contribution in [2.45, 2.75) is 134 Å². The predicted octanol–water partition coefficient (Wildman–Crippen LogP) is 7.31. The molecule has 2 aromatic heterocycles. The molecule has 428 valence electrons. The first-order valence-electron chi connectivity index (χ1n) is 29.1. The summed E-state index contributed by atoms with van der Waals surface area (Å²) in [6.07, 6.45) is 7.66. The van der Waals surface area contributed by atoms with Crippen LogP contribution in [0.1, 0.15) is 110 Å². The lowest BCUT2D eigenvalue weighted by molar-refractivity contribution is -0.129. The highest BCUT2D eigenvalue weighted by atomic mass is 19.1. The molecule has 4 fully saturated rings. The summed E-state index contributed by atoms with van der Waals surface area (Å²) in [6, 6.07) is 17.3. The summed E-state index contributed by atoms with van der Waals surface area (Å²) < 4.78 is 29.9. The van der Waals surface area contributed by atoms with Gasteiger partial charge in [-0.05, 0) is 126 Å². The molecule has 19 heteroatoms. The Labute approximate surface area is 477 Å². The lowest BCUT2D eigenvalue weighted by Gasteiger charge is -2.41. The van der Waals surface area contributed by atoms with Gasteiger partial charge in [-0.15, -0.1) is 0 Å². The Kier molecular flexibility index (Phi) is 17.4. The van der Waals surface area contributed by atoms with E-state index >= 15 is 4.39 Å². The molecule has 2 aromatic carbocycles. The molecule has 4 aromatic rings. The molecule has 0 aliphatic carbocycles. The number of benzene rings is 2. The number of nitrogens with zero attached hydrogens (tertiary/aromatic N) is 14. The molecular weight excluding hydrogens is 1020 g/mol. The molecule has 6 aliphatic heterocycles. The third-order valence-electron chi connectivity index (χ3n) is 18.0. The summed E-state index contributed by atoms with van der Waals surface area (Å²) in [5, 5.41) is 19.7. The van der Waals surface area contributed by atoms with E-state index in [1.807, 2.05) is 6.92 Å². The smallest absolute Gasteiger partial charge is 0.319 e. The molecule has 0 N–H and O–H groups in total. The van der Waals surface area contributed by atoms with Crippen molar-refractivity contribution in [2.75, 3.05) is 106 Å². The minimum Gasteiger partial charge on any atom is -0.462 e. The number of anilines is 4. The van der Waals surface area contributed by atoms with Crippen molar-refractivity contribution in [3.05, 3.63) is 107 Å². The van der Waals surface area contributed by atoms with E-state index in [9.17, 15) is 20.1 Å². The maximum Gasteiger partial charge on any atom is 0.319 e. The largest absolute Gasteiger partial charge is 0.462 e. The number of carbonyl (C=O) groups is 2. The topological polar surface area (TPSA) is 178 Å². The molecule has 81 heavy (non-hydrogen) atoms. The molecule has 2 amide bonds. The molecule has 4 saturated heterocycles. The van der Waals surface area contributed by atoms with Crippen molar-refractivity contribution in [1.82, 2.24) is 39.5 Å². The van der Waals surface area contributed by atoms with E-state index in [0.29, 0.717) is 102 Å². The van der Waals surface area contributed by atoms with Crippen molar-refractivity contribution >= 4 is 34.8 Å². The lowest BCUT2D eigenvalue weighted by Crippen LogP contribution is -2.55. The van der Waals surface area contributed by atoms with Crippen LogP contribution in [0.2, 0.25) is 0 Å². The van der Waals surface area contributed by atoms with Gasteiger partial charge in [-0.25, -0.2) is 4.39 Å². The van der Waals surface area contributed by atoms with Crippen LogP contribution in [-0.2, 0) is 35.5 Å². The second-order valence-electron chi connectivity index (χ2n) is 23.4. The molecule has 6 aliphatic rings. The first-order chi connectivity index (χ1) is 39.1. The van der Waals surface area contributed by atoms with Gasteiger partial charge in [0.2, 0.25) is 11.8 Å². The van der Waals surface area contributed by atoms with Gasteiger partial charge in [0.15, 0.2) is 0 Å². The number of halogens is 1. The van der Waals surface area contributed by atoms with E-state index < -0.39 is 0 Å². The van der Waals surface area contributed by atoms with Gasteiger partial charge in [-0.2, -0.15) is 30.5 Å². The summed E-state index contributed by atoms with van der Waals surface area (Å²) in [6.45, 7) is 23.2. The highest BCUT2D eigenvalue weighted by Gasteiger charge is 2.38. The third-order valence-corrected chi connectivity index (χ3v) is 18.0. The number of aromatic nitrogens is 4. The standard InChI is InChI=1S/C62H79FN14O4/c1-9-57(78)76-28-26-74(35-47(76)18-21-64)59-50-16-12-23-72(46-15-11-14-43(30-46)40(3)4)37-53(50)66-61(68-59)80-39-49-31-45(34-71(49)8)44-32-52(63)41(5)55(33-44)73-24-13-17-51-54(38-73)67-62(81-56-20-25-70(7)42(56)6)69-60(51)75-27-29-77(58(79)10-2)48(36-75)19-22-65/h9-11,14-15,30,32-33,40,42,45,47-49,56H,1-2,12-13,16-20,23-29,31,34-39H2,3-8H3/t42-,45?,47+,48+,49+,56-/m1/s1. The average molecular weight is 1100 g/mol. The van der Waals surface area contributed by atoms with Crippen LogP contribution >= 0.6 is 0 Å². The second-order valence-corrected chi connectivity index (χ2v) is 23.4. The Bertz CT molecular complexity index is 3090. The van der Waals surface area contributed by atoms with Gasteiger partial charge < -0.3 is 38.9 Å². The number of hydrogen-bond donors (Lipinski definition) is 0. The Hall–Kier alpha value is -7.35. The van der Waals surface area contributed by atoms with E-state index in [1.165, 1.54) is 17.7 Å². The highest BCUT2D eigenvalue weighted by molar-refractivity contribution is 5.88. The van der Waals surface area contributed by atoms with Crippen molar-refractivity contribution in [2.24, 2.45) is 0 Å². The molecule has 0 saturated carbocycles. The van der Waals surface area contributed by atoms with Gasteiger partial charge in [-0.3, -0.25) is 19.4 Å². The van der Waals surface area contributed by atoms with Crippen molar-refractivity contribution < 1.29 is 23.5 Å². The zero-order valence-corrected chi connectivity index (χ0v) is 48.2. The molecule has 1 unspecified atom stereocenters. The number of likely N-dealkylation sites (tertiary alicyclic amines) is 2. The van der Waals surface area contributed by atoms with Crippen molar-refractivity contribution in [3.8, 4) is 24.2 Å². The quantitative estimate of drug-likeness (QED) is 0.108. The third kappa shape index (κ3) is 12.2. The summed E-state index contributed by atoms with van der Waals surface area (Å²) in [4.78, 5) is 63.6. The van der Waals surface area contributed by atoms with Gasteiger partial charge in [-0.1, -0.05) is 39.1 Å². The summed E-state index contributed by atoms with van der Waals surface area (Å²) in [5.41, 5.74) is 8.61. The monoisotopic (exact) mass is 1100 g/mol. The minimum absolute atomic E-state index is 0.0112. The fourth-order valence-corrected chi connectivity index (χ4v) is 13.1. The lowest BCUT2D eigenvalue weighted by atomic mass is 9.94.